The highest BCUT2D eigenvalue weighted by molar-refractivity contribution is 9.10. The lowest BCUT2D eigenvalue weighted by Crippen LogP contribution is -2.29. The maximum atomic E-state index is 12.3. The fourth-order valence-corrected chi connectivity index (χ4v) is 4.04. The predicted molar refractivity (Wildman–Crippen MR) is 126 cm³/mol. The molecular formula is C23H23BrN2O4S. The van der Waals surface area contributed by atoms with Crippen molar-refractivity contribution >= 4 is 37.5 Å². The molecule has 162 valence electrons. The number of hydrogen-bond donors (Lipinski definition) is 1. The minimum absolute atomic E-state index is 0.174. The highest BCUT2D eigenvalue weighted by Gasteiger charge is 2.18. The first kappa shape index (κ1) is 22.8. The first-order chi connectivity index (χ1) is 14.8. The molecule has 0 atom stereocenters. The number of benzene rings is 3. The van der Waals surface area contributed by atoms with Gasteiger partial charge >= 0.3 is 0 Å². The van der Waals surface area contributed by atoms with Gasteiger partial charge in [-0.1, -0.05) is 46.3 Å². The SMILES string of the molecule is CS(=O)(=O)N(Cc1ccc(C(=O)NCCOc2ccccc2)cc1)c1ccc(Br)cc1. The largest absolute Gasteiger partial charge is 0.492 e. The van der Waals surface area contributed by atoms with Crippen LogP contribution in [-0.2, 0) is 16.6 Å². The van der Waals surface area contributed by atoms with Crippen LogP contribution in [0.5, 0.6) is 5.75 Å². The third-order valence-electron chi connectivity index (χ3n) is 4.46. The lowest BCUT2D eigenvalue weighted by molar-refractivity contribution is 0.0947. The molecule has 0 aliphatic rings. The smallest absolute Gasteiger partial charge is 0.251 e. The molecule has 0 aromatic heterocycles. The quantitative estimate of drug-likeness (QED) is 0.444. The zero-order valence-electron chi connectivity index (χ0n) is 17.0. The Morgan fingerprint density at radius 1 is 0.968 bits per heavy atom. The Bertz CT molecular complexity index is 1100. The van der Waals surface area contributed by atoms with Crippen molar-refractivity contribution in [2.24, 2.45) is 0 Å². The van der Waals surface area contributed by atoms with Crippen LogP contribution in [-0.4, -0.2) is 33.7 Å². The minimum atomic E-state index is -3.47. The van der Waals surface area contributed by atoms with Crippen molar-refractivity contribution in [3.05, 3.63) is 94.5 Å². The Kier molecular flexibility index (Phi) is 7.70. The average Bonchev–Trinajstić information content (AvgIpc) is 2.76. The van der Waals surface area contributed by atoms with Gasteiger partial charge in [0.1, 0.15) is 12.4 Å². The third kappa shape index (κ3) is 6.83. The molecule has 0 radical (unpaired) electrons. The lowest BCUT2D eigenvalue weighted by atomic mass is 10.1. The van der Waals surface area contributed by atoms with Crippen LogP contribution in [0.1, 0.15) is 15.9 Å². The number of sulfonamides is 1. The number of carbonyl (C=O) groups is 1. The molecule has 0 fully saturated rings. The van der Waals surface area contributed by atoms with E-state index in [1.165, 1.54) is 10.6 Å². The Hall–Kier alpha value is -2.84. The fraction of sp³-hybridized carbons (Fsp3) is 0.174. The van der Waals surface area contributed by atoms with Crippen LogP contribution in [0.4, 0.5) is 5.69 Å². The van der Waals surface area contributed by atoms with Crippen molar-refractivity contribution < 1.29 is 17.9 Å². The third-order valence-corrected chi connectivity index (χ3v) is 6.13. The number of halogens is 1. The van der Waals surface area contributed by atoms with Crippen LogP contribution in [0.2, 0.25) is 0 Å². The zero-order valence-corrected chi connectivity index (χ0v) is 19.4. The Balaban J connectivity index is 1.58. The highest BCUT2D eigenvalue weighted by Crippen LogP contribution is 2.23. The number of ether oxygens (including phenoxy) is 1. The van der Waals surface area contributed by atoms with Gasteiger partial charge in [0.2, 0.25) is 10.0 Å². The molecule has 0 spiro atoms. The second kappa shape index (κ2) is 10.5. The van der Waals surface area contributed by atoms with E-state index in [1.807, 2.05) is 30.3 Å². The molecule has 3 rings (SSSR count). The van der Waals surface area contributed by atoms with E-state index < -0.39 is 10.0 Å². The number of carbonyl (C=O) groups excluding carboxylic acids is 1. The van der Waals surface area contributed by atoms with Gasteiger partial charge < -0.3 is 10.1 Å². The van der Waals surface area contributed by atoms with Gasteiger partial charge in [0.25, 0.3) is 5.91 Å². The highest BCUT2D eigenvalue weighted by atomic mass is 79.9. The second-order valence-corrected chi connectivity index (χ2v) is 9.68. The molecule has 3 aromatic rings. The molecule has 6 nitrogen and oxygen atoms in total. The number of rotatable bonds is 9. The molecule has 0 aliphatic heterocycles. The molecule has 0 bridgehead atoms. The van der Waals surface area contributed by atoms with Crippen molar-refractivity contribution in [3.63, 3.8) is 0 Å². The van der Waals surface area contributed by atoms with Gasteiger partial charge in [0.15, 0.2) is 0 Å². The maximum Gasteiger partial charge on any atom is 0.251 e. The van der Waals surface area contributed by atoms with E-state index in [0.717, 1.165) is 15.8 Å². The summed E-state index contributed by atoms with van der Waals surface area (Å²) < 4.78 is 32.3. The van der Waals surface area contributed by atoms with Crippen LogP contribution < -0.4 is 14.4 Å². The molecule has 0 saturated heterocycles. The summed E-state index contributed by atoms with van der Waals surface area (Å²) in [5.41, 5.74) is 1.85. The van der Waals surface area contributed by atoms with E-state index in [0.29, 0.717) is 24.4 Å². The Morgan fingerprint density at radius 3 is 2.23 bits per heavy atom. The van der Waals surface area contributed by atoms with E-state index in [9.17, 15) is 13.2 Å². The molecule has 1 N–H and O–H groups in total. The van der Waals surface area contributed by atoms with Gasteiger partial charge in [0, 0.05) is 10.0 Å². The molecule has 0 aliphatic carbocycles. The van der Waals surface area contributed by atoms with Gasteiger partial charge in [-0.15, -0.1) is 0 Å². The summed E-state index contributed by atoms with van der Waals surface area (Å²) in [5, 5.41) is 2.81. The van der Waals surface area contributed by atoms with Crippen molar-refractivity contribution in [3.8, 4) is 5.75 Å². The predicted octanol–water partition coefficient (Wildman–Crippen LogP) is 4.22. The molecule has 0 heterocycles. The summed E-state index contributed by atoms with van der Waals surface area (Å²) in [6, 6.07) is 23.3. The molecule has 1 amide bonds. The summed E-state index contributed by atoms with van der Waals surface area (Å²) >= 11 is 3.35. The number of amides is 1. The van der Waals surface area contributed by atoms with E-state index >= 15 is 0 Å². The van der Waals surface area contributed by atoms with E-state index in [4.69, 9.17) is 4.74 Å². The van der Waals surface area contributed by atoms with E-state index in [1.54, 1.807) is 48.5 Å². The van der Waals surface area contributed by atoms with Crippen molar-refractivity contribution in [1.82, 2.24) is 5.32 Å². The number of nitrogens with zero attached hydrogens (tertiary/aromatic N) is 1. The first-order valence-electron chi connectivity index (χ1n) is 9.61. The van der Waals surface area contributed by atoms with E-state index in [2.05, 4.69) is 21.2 Å². The summed E-state index contributed by atoms with van der Waals surface area (Å²) in [4.78, 5) is 12.3. The second-order valence-electron chi connectivity index (χ2n) is 6.86. The summed E-state index contributed by atoms with van der Waals surface area (Å²) in [5.74, 6) is 0.540. The molecule has 0 saturated carbocycles. The zero-order chi connectivity index (χ0) is 22.3. The van der Waals surface area contributed by atoms with Crippen LogP contribution in [0.25, 0.3) is 0 Å². The normalized spacial score (nSPS) is 11.0. The molecule has 31 heavy (non-hydrogen) atoms. The van der Waals surface area contributed by atoms with Crippen molar-refractivity contribution in [2.75, 3.05) is 23.7 Å². The van der Waals surface area contributed by atoms with E-state index in [-0.39, 0.29) is 12.5 Å². The number of para-hydroxylation sites is 1. The fourth-order valence-electron chi connectivity index (χ4n) is 2.89. The lowest BCUT2D eigenvalue weighted by Gasteiger charge is -2.22. The molecular weight excluding hydrogens is 480 g/mol. The van der Waals surface area contributed by atoms with Crippen LogP contribution >= 0.6 is 15.9 Å². The van der Waals surface area contributed by atoms with Crippen molar-refractivity contribution in [1.29, 1.82) is 0 Å². The van der Waals surface area contributed by atoms with Crippen LogP contribution in [0, 0.1) is 0 Å². The van der Waals surface area contributed by atoms with Gasteiger partial charge in [0.05, 0.1) is 25.0 Å². The molecule has 3 aromatic carbocycles. The summed E-state index contributed by atoms with van der Waals surface area (Å²) in [7, 11) is -3.47. The summed E-state index contributed by atoms with van der Waals surface area (Å²) in [6.45, 7) is 0.915. The molecule has 0 unspecified atom stereocenters. The average molecular weight is 503 g/mol. The standard InChI is InChI=1S/C23H23BrN2O4S/c1-31(28,29)26(21-13-11-20(24)12-14-21)17-18-7-9-19(10-8-18)23(27)25-15-16-30-22-5-3-2-4-6-22/h2-14H,15-17H2,1H3,(H,25,27). The van der Waals surface area contributed by atoms with Gasteiger partial charge in [-0.25, -0.2) is 8.42 Å². The Labute approximate surface area is 191 Å². The minimum Gasteiger partial charge on any atom is -0.492 e. The monoisotopic (exact) mass is 502 g/mol. The molecule has 8 heteroatoms. The van der Waals surface area contributed by atoms with Crippen LogP contribution in [0.3, 0.4) is 0 Å². The van der Waals surface area contributed by atoms with Gasteiger partial charge in [-0.05, 0) is 54.1 Å². The number of anilines is 1. The van der Waals surface area contributed by atoms with Gasteiger partial charge in [-0.3, -0.25) is 9.10 Å². The number of hydrogen-bond acceptors (Lipinski definition) is 4. The maximum absolute atomic E-state index is 12.3. The topological polar surface area (TPSA) is 75.7 Å². The Morgan fingerprint density at radius 2 is 1.61 bits per heavy atom. The summed E-state index contributed by atoms with van der Waals surface area (Å²) in [6.07, 6.45) is 1.17. The first-order valence-corrected chi connectivity index (χ1v) is 12.3. The van der Waals surface area contributed by atoms with Crippen LogP contribution in [0.15, 0.2) is 83.3 Å². The number of nitrogens with one attached hydrogen (secondary N) is 1. The van der Waals surface area contributed by atoms with Gasteiger partial charge in [-0.2, -0.15) is 0 Å². The van der Waals surface area contributed by atoms with Crippen molar-refractivity contribution in [2.45, 2.75) is 6.54 Å².